The highest BCUT2D eigenvalue weighted by molar-refractivity contribution is 7.33. The lowest BCUT2D eigenvalue weighted by atomic mass is 9.36. The molecule has 0 radical (unpaired) electrons. The second kappa shape index (κ2) is 12.2. The number of aryl methyl sites for hydroxylation is 1. The number of rotatable bonds is 2. The van der Waals surface area contributed by atoms with E-state index < -0.39 is 0 Å². The summed E-state index contributed by atoms with van der Waals surface area (Å²) >= 11 is 2.01. The maximum absolute atomic E-state index is 2.63. The van der Waals surface area contributed by atoms with Gasteiger partial charge >= 0.3 is 0 Å². The number of nitrogens with zero attached hydrogens (tertiary/aromatic N) is 2. The van der Waals surface area contributed by atoms with Crippen molar-refractivity contribution in [2.75, 3.05) is 9.80 Å². The number of hydrogen-bond donors (Lipinski definition) is 0. The summed E-state index contributed by atoms with van der Waals surface area (Å²) in [7, 11) is 0. The summed E-state index contributed by atoms with van der Waals surface area (Å²) in [6, 6.07) is 45.2. The number of benzene rings is 6. The molecule has 290 valence electrons. The van der Waals surface area contributed by atoms with E-state index in [2.05, 4.69) is 208 Å². The Bertz CT molecular complexity index is 2820. The van der Waals surface area contributed by atoms with E-state index >= 15 is 0 Å². The van der Waals surface area contributed by atoms with Crippen molar-refractivity contribution in [1.29, 1.82) is 0 Å². The van der Waals surface area contributed by atoms with Crippen LogP contribution in [0.1, 0.15) is 110 Å². The molecule has 0 N–H and O–H groups in total. The van der Waals surface area contributed by atoms with Crippen LogP contribution in [0.5, 0.6) is 0 Å². The zero-order valence-corrected chi connectivity index (χ0v) is 37.2. The summed E-state index contributed by atoms with van der Waals surface area (Å²) < 4.78 is 2.79. The van der Waals surface area contributed by atoms with Crippen molar-refractivity contribution >= 4 is 78.0 Å². The van der Waals surface area contributed by atoms with Crippen LogP contribution in [0.15, 0.2) is 115 Å². The summed E-state index contributed by atoms with van der Waals surface area (Å²) in [5, 5.41) is 1.34. The molecule has 0 amide bonds. The molecule has 10 rings (SSSR count). The minimum atomic E-state index is -0.0670. The largest absolute Gasteiger partial charge is 0.311 e. The first-order chi connectivity index (χ1) is 27.3. The first-order valence-electron chi connectivity index (χ1n) is 21.1. The molecular formula is C54H55BN2S. The number of anilines is 6. The smallest absolute Gasteiger partial charge is 0.264 e. The predicted molar refractivity (Wildman–Crippen MR) is 254 cm³/mol. The van der Waals surface area contributed by atoms with Crippen molar-refractivity contribution < 1.29 is 0 Å². The predicted octanol–water partition coefficient (Wildman–Crippen LogP) is 13.5. The molecule has 0 atom stereocenters. The fourth-order valence-corrected chi connectivity index (χ4v) is 11.4. The van der Waals surface area contributed by atoms with Crippen LogP contribution >= 0.6 is 11.3 Å². The Morgan fingerprint density at radius 2 is 1.09 bits per heavy atom. The summed E-state index contributed by atoms with van der Waals surface area (Å²) in [6.45, 7) is 28.0. The standard InChI is InChI=1S/C54H55BN2S/c1-32-27-45-48-46(28-32)57(37-24-19-34(20-25-37)52(5,6)7)49-40-30-39-38-15-13-14-16-41(38)54(11,12)42(39)31-47(40)58-50(49)55(48)43-29-35(53(8,9)10)21-26-44(43)56(45)36-22-17-33(18-23-36)51(2,3)4/h13-31H,1-12H3. The molecular weight excluding hydrogens is 719 g/mol. The lowest BCUT2D eigenvalue weighted by molar-refractivity contribution is 0.590. The maximum atomic E-state index is 2.63. The van der Waals surface area contributed by atoms with Gasteiger partial charge in [-0.05, 0) is 133 Å². The molecule has 1 aromatic heterocycles. The van der Waals surface area contributed by atoms with Crippen LogP contribution in [-0.2, 0) is 21.7 Å². The number of thiophene rings is 1. The Labute approximate surface area is 350 Å². The quantitative estimate of drug-likeness (QED) is 0.161. The molecule has 58 heavy (non-hydrogen) atoms. The van der Waals surface area contributed by atoms with Crippen molar-refractivity contribution in [3.8, 4) is 11.1 Å². The minimum Gasteiger partial charge on any atom is -0.311 e. The van der Waals surface area contributed by atoms with Gasteiger partial charge in [0.25, 0.3) is 6.71 Å². The molecule has 4 heteroatoms. The van der Waals surface area contributed by atoms with E-state index in [0.717, 1.165) is 0 Å². The molecule has 3 heterocycles. The summed E-state index contributed by atoms with van der Waals surface area (Å²) in [5.41, 5.74) is 21.3. The molecule has 3 aliphatic rings. The molecule has 0 fully saturated rings. The summed E-state index contributed by atoms with van der Waals surface area (Å²) in [4.78, 5) is 5.19. The SMILES string of the molecule is Cc1cc2c3c(c1)N(c1ccc(C(C)(C)C)cc1)c1c(sc4cc5c(cc14)-c1ccccc1C5(C)C)B3c1cc(C(C)(C)C)ccc1N2c1ccc(C(C)(C)C)cc1. The van der Waals surface area contributed by atoms with Gasteiger partial charge in [-0.1, -0.05) is 137 Å². The van der Waals surface area contributed by atoms with Gasteiger partial charge in [-0.3, -0.25) is 0 Å². The van der Waals surface area contributed by atoms with Crippen LogP contribution in [0.2, 0.25) is 0 Å². The third-order valence-corrected chi connectivity index (χ3v) is 14.6. The zero-order chi connectivity index (χ0) is 40.8. The third-order valence-electron chi connectivity index (χ3n) is 13.4. The van der Waals surface area contributed by atoms with Crippen LogP contribution in [0.25, 0.3) is 21.2 Å². The molecule has 2 nitrogen and oxygen atoms in total. The van der Waals surface area contributed by atoms with Gasteiger partial charge in [0.05, 0.1) is 5.69 Å². The topological polar surface area (TPSA) is 6.48 Å². The fourth-order valence-electron chi connectivity index (χ4n) is 10.0. The Morgan fingerprint density at radius 1 is 0.534 bits per heavy atom. The van der Waals surface area contributed by atoms with Gasteiger partial charge in [0, 0.05) is 48.7 Å². The monoisotopic (exact) mass is 774 g/mol. The first kappa shape index (κ1) is 37.2. The molecule has 7 aromatic rings. The zero-order valence-electron chi connectivity index (χ0n) is 36.3. The van der Waals surface area contributed by atoms with E-state index in [1.165, 1.54) is 104 Å². The highest BCUT2D eigenvalue weighted by Crippen LogP contribution is 2.54. The second-order valence-electron chi connectivity index (χ2n) is 20.8. The molecule has 0 saturated heterocycles. The van der Waals surface area contributed by atoms with E-state index in [-0.39, 0.29) is 28.4 Å². The Hall–Kier alpha value is -5.06. The van der Waals surface area contributed by atoms with Crippen molar-refractivity contribution in [3.05, 3.63) is 149 Å². The lowest BCUT2D eigenvalue weighted by Gasteiger charge is -2.44. The van der Waals surface area contributed by atoms with E-state index in [4.69, 9.17) is 0 Å². The van der Waals surface area contributed by atoms with Gasteiger partial charge in [0.15, 0.2) is 0 Å². The molecule has 0 saturated carbocycles. The molecule has 1 aliphatic carbocycles. The van der Waals surface area contributed by atoms with Gasteiger partial charge in [-0.15, -0.1) is 11.3 Å². The molecule has 6 aromatic carbocycles. The maximum Gasteiger partial charge on any atom is 0.264 e. The Balaban J connectivity index is 1.31. The third kappa shape index (κ3) is 5.43. The van der Waals surface area contributed by atoms with Gasteiger partial charge in [-0.25, -0.2) is 0 Å². The average Bonchev–Trinajstić information content (AvgIpc) is 3.64. The highest BCUT2D eigenvalue weighted by atomic mass is 32.1. The highest BCUT2D eigenvalue weighted by Gasteiger charge is 2.46. The summed E-state index contributed by atoms with van der Waals surface area (Å²) in [6.07, 6.45) is 0. The Kier molecular flexibility index (Phi) is 7.86. The van der Waals surface area contributed by atoms with Crippen molar-refractivity contribution in [1.82, 2.24) is 0 Å². The summed E-state index contributed by atoms with van der Waals surface area (Å²) in [5.74, 6) is 0. The van der Waals surface area contributed by atoms with Gasteiger partial charge < -0.3 is 9.80 Å². The van der Waals surface area contributed by atoms with E-state index in [1.54, 1.807) is 0 Å². The first-order valence-corrected chi connectivity index (χ1v) is 21.9. The van der Waals surface area contributed by atoms with Crippen LogP contribution in [-0.4, -0.2) is 6.71 Å². The van der Waals surface area contributed by atoms with E-state index in [9.17, 15) is 0 Å². The lowest BCUT2D eigenvalue weighted by Crippen LogP contribution is -2.60. The van der Waals surface area contributed by atoms with Crippen LogP contribution in [0, 0.1) is 6.92 Å². The number of fused-ring (bicyclic) bond motifs is 9. The van der Waals surface area contributed by atoms with Crippen LogP contribution < -0.4 is 25.5 Å². The Morgan fingerprint density at radius 3 is 1.69 bits per heavy atom. The van der Waals surface area contributed by atoms with E-state index in [0.29, 0.717) is 0 Å². The molecule has 0 spiro atoms. The van der Waals surface area contributed by atoms with E-state index in [1.807, 2.05) is 11.3 Å². The number of hydrogen-bond acceptors (Lipinski definition) is 3. The van der Waals surface area contributed by atoms with Crippen molar-refractivity contribution in [2.24, 2.45) is 0 Å². The van der Waals surface area contributed by atoms with Gasteiger partial charge in [0.2, 0.25) is 0 Å². The fraction of sp³-hybridized carbons (Fsp3) is 0.296. The second-order valence-corrected chi connectivity index (χ2v) is 21.9. The normalized spacial score (nSPS) is 15.3. The average molecular weight is 775 g/mol. The molecule has 0 bridgehead atoms. The molecule has 0 unspecified atom stereocenters. The van der Waals surface area contributed by atoms with Gasteiger partial charge in [-0.2, -0.15) is 0 Å². The van der Waals surface area contributed by atoms with Crippen LogP contribution in [0.4, 0.5) is 34.1 Å². The van der Waals surface area contributed by atoms with Gasteiger partial charge in [0.1, 0.15) is 0 Å². The van der Waals surface area contributed by atoms with Crippen molar-refractivity contribution in [3.63, 3.8) is 0 Å². The van der Waals surface area contributed by atoms with Crippen LogP contribution in [0.3, 0.4) is 0 Å². The van der Waals surface area contributed by atoms with Crippen molar-refractivity contribution in [2.45, 2.75) is 105 Å². The molecule has 2 aliphatic heterocycles. The minimum absolute atomic E-state index is 0.00285.